The maximum absolute atomic E-state index is 10.2. The van der Waals surface area contributed by atoms with E-state index in [9.17, 15) is 5.11 Å². The average molecular weight is 432 g/mol. The lowest BCUT2D eigenvalue weighted by Crippen LogP contribution is -2.37. The number of aryl methyl sites for hydroxylation is 3. The van der Waals surface area contributed by atoms with Crippen molar-refractivity contribution in [3.05, 3.63) is 45.6 Å². The molecule has 0 fully saturated rings. The summed E-state index contributed by atoms with van der Waals surface area (Å²) in [5, 5.41) is 14.2. The van der Waals surface area contributed by atoms with Crippen molar-refractivity contribution in [1.82, 2.24) is 4.98 Å². The van der Waals surface area contributed by atoms with E-state index in [-0.39, 0.29) is 6.04 Å². The lowest BCUT2D eigenvalue weighted by molar-refractivity contribution is 0.163. The van der Waals surface area contributed by atoms with Crippen LogP contribution in [0.25, 0.3) is 0 Å². The Balaban J connectivity index is 2.38. The van der Waals surface area contributed by atoms with Crippen LogP contribution < -0.4 is 10.1 Å². The summed E-state index contributed by atoms with van der Waals surface area (Å²) in [5.41, 5.74) is 4.32. The molecule has 0 saturated heterocycles. The predicted molar refractivity (Wildman–Crippen MR) is 114 cm³/mol. The number of benzene rings is 1. The van der Waals surface area contributed by atoms with Crippen LogP contribution in [0.2, 0.25) is 5.02 Å². The molecule has 2 N–H and O–H groups in total. The SMILES string of the molecule is CCC(Nc1cc(C)nc(Oc2c(C)cc(Cl)cc2C)c1C)C(O)C(Cl)Cl. The van der Waals surface area contributed by atoms with Crippen molar-refractivity contribution in [1.29, 1.82) is 0 Å². The molecule has 27 heavy (non-hydrogen) atoms. The van der Waals surface area contributed by atoms with Gasteiger partial charge in [-0.3, -0.25) is 0 Å². The maximum Gasteiger partial charge on any atom is 0.224 e. The van der Waals surface area contributed by atoms with Crippen molar-refractivity contribution in [2.24, 2.45) is 0 Å². The van der Waals surface area contributed by atoms with E-state index >= 15 is 0 Å². The second-order valence-electron chi connectivity index (χ2n) is 6.70. The monoisotopic (exact) mass is 430 g/mol. The number of nitrogens with zero attached hydrogens (tertiary/aromatic N) is 1. The molecule has 2 rings (SSSR count). The number of hydrogen-bond acceptors (Lipinski definition) is 4. The average Bonchev–Trinajstić information content (AvgIpc) is 2.58. The van der Waals surface area contributed by atoms with Gasteiger partial charge in [0.2, 0.25) is 5.88 Å². The Morgan fingerprint density at radius 3 is 2.22 bits per heavy atom. The van der Waals surface area contributed by atoms with Crippen molar-refractivity contribution in [3.8, 4) is 11.6 Å². The van der Waals surface area contributed by atoms with Gasteiger partial charge in [-0.1, -0.05) is 18.5 Å². The number of hydrogen-bond donors (Lipinski definition) is 2. The van der Waals surface area contributed by atoms with Crippen LogP contribution >= 0.6 is 34.8 Å². The molecule has 0 spiro atoms. The van der Waals surface area contributed by atoms with Gasteiger partial charge < -0.3 is 15.2 Å². The van der Waals surface area contributed by atoms with E-state index < -0.39 is 10.9 Å². The third-order valence-corrected chi connectivity index (χ3v) is 5.17. The van der Waals surface area contributed by atoms with Crippen LogP contribution in [-0.4, -0.2) is 27.1 Å². The summed E-state index contributed by atoms with van der Waals surface area (Å²) in [6.45, 7) is 9.66. The van der Waals surface area contributed by atoms with Crippen LogP contribution in [0.3, 0.4) is 0 Å². The highest BCUT2D eigenvalue weighted by Crippen LogP contribution is 2.34. The third kappa shape index (κ3) is 5.41. The molecule has 4 nitrogen and oxygen atoms in total. The largest absolute Gasteiger partial charge is 0.438 e. The third-order valence-electron chi connectivity index (χ3n) is 4.43. The fraction of sp³-hybridized carbons (Fsp3) is 0.450. The molecule has 2 atom stereocenters. The minimum atomic E-state index is -0.892. The molecule has 1 aromatic heterocycles. The van der Waals surface area contributed by atoms with Crippen molar-refractivity contribution < 1.29 is 9.84 Å². The molecule has 1 heterocycles. The number of aliphatic hydroxyl groups is 1. The van der Waals surface area contributed by atoms with Crippen LogP contribution in [0.15, 0.2) is 18.2 Å². The van der Waals surface area contributed by atoms with Crippen LogP contribution in [0, 0.1) is 27.7 Å². The summed E-state index contributed by atoms with van der Waals surface area (Å²) in [6, 6.07) is 5.34. The fourth-order valence-electron chi connectivity index (χ4n) is 2.92. The Kier molecular flexibility index (Phi) is 7.64. The van der Waals surface area contributed by atoms with E-state index in [1.807, 2.05) is 52.8 Å². The first-order valence-corrected chi connectivity index (χ1v) is 10.0. The Labute approximate surface area is 175 Å². The van der Waals surface area contributed by atoms with E-state index in [2.05, 4.69) is 10.3 Å². The van der Waals surface area contributed by atoms with Crippen LogP contribution in [0.1, 0.15) is 35.7 Å². The molecular formula is C20H25Cl3N2O2. The molecule has 1 aromatic carbocycles. The Morgan fingerprint density at radius 1 is 1.11 bits per heavy atom. The van der Waals surface area contributed by atoms with Gasteiger partial charge in [0.15, 0.2) is 0 Å². The Bertz CT molecular complexity index is 789. The summed E-state index contributed by atoms with van der Waals surface area (Å²) >= 11 is 17.8. The molecule has 2 unspecified atom stereocenters. The summed E-state index contributed by atoms with van der Waals surface area (Å²) < 4.78 is 6.15. The van der Waals surface area contributed by atoms with Gasteiger partial charge >= 0.3 is 0 Å². The number of aliphatic hydroxyl groups excluding tert-OH is 1. The van der Waals surface area contributed by atoms with E-state index in [1.54, 1.807) is 0 Å². The minimum absolute atomic E-state index is 0.294. The number of alkyl halides is 2. The van der Waals surface area contributed by atoms with Gasteiger partial charge in [-0.2, -0.15) is 0 Å². The normalized spacial score (nSPS) is 13.6. The highest BCUT2D eigenvalue weighted by atomic mass is 35.5. The zero-order valence-corrected chi connectivity index (χ0v) is 18.4. The number of rotatable bonds is 7. The highest BCUT2D eigenvalue weighted by Gasteiger charge is 2.24. The van der Waals surface area contributed by atoms with Crippen LogP contribution in [0.4, 0.5) is 5.69 Å². The molecule has 0 aliphatic rings. The molecule has 2 aromatic rings. The van der Waals surface area contributed by atoms with Gasteiger partial charge in [0, 0.05) is 22.0 Å². The smallest absolute Gasteiger partial charge is 0.224 e. The van der Waals surface area contributed by atoms with E-state index in [1.165, 1.54) is 0 Å². The number of ether oxygens (including phenoxy) is 1. The highest BCUT2D eigenvalue weighted by molar-refractivity contribution is 6.44. The first-order valence-electron chi connectivity index (χ1n) is 8.79. The number of anilines is 1. The Hall–Kier alpha value is -1.20. The molecule has 0 aliphatic heterocycles. The zero-order chi connectivity index (χ0) is 20.3. The molecule has 0 radical (unpaired) electrons. The summed E-state index contributed by atoms with van der Waals surface area (Å²) in [6.07, 6.45) is -0.236. The molecule has 148 valence electrons. The number of aromatic nitrogens is 1. The summed E-state index contributed by atoms with van der Waals surface area (Å²) in [7, 11) is 0. The molecular weight excluding hydrogens is 407 g/mol. The minimum Gasteiger partial charge on any atom is -0.438 e. The number of pyridine rings is 1. The molecule has 0 saturated carbocycles. The topological polar surface area (TPSA) is 54.4 Å². The Morgan fingerprint density at radius 2 is 1.70 bits per heavy atom. The summed E-state index contributed by atoms with van der Waals surface area (Å²) in [5.74, 6) is 1.24. The van der Waals surface area contributed by atoms with Crippen LogP contribution in [-0.2, 0) is 0 Å². The van der Waals surface area contributed by atoms with E-state index in [4.69, 9.17) is 39.5 Å². The lowest BCUT2D eigenvalue weighted by Gasteiger charge is -2.26. The maximum atomic E-state index is 10.2. The van der Waals surface area contributed by atoms with Crippen LogP contribution in [0.5, 0.6) is 11.6 Å². The second-order valence-corrected chi connectivity index (χ2v) is 8.30. The van der Waals surface area contributed by atoms with Gasteiger partial charge in [0.05, 0.1) is 6.04 Å². The lowest BCUT2D eigenvalue weighted by atomic mass is 10.1. The van der Waals surface area contributed by atoms with Crippen molar-refractivity contribution >= 4 is 40.5 Å². The van der Waals surface area contributed by atoms with Crippen molar-refractivity contribution in [2.45, 2.75) is 58.0 Å². The van der Waals surface area contributed by atoms with E-state index in [0.29, 0.717) is 17.3 Å². The molecule has 0 aliphatic carbocycles. The quantitative estimate of drug-likeness (QED) is 0.519. The van der Waals surface area contributed by atoms with Crippen molar-refractivity contribution in [2.75, 3.05) is 5.32 Å². The fourth-order valence-corrected chi connectivity index (χ4v) is 3.60. The van der Waals surface area contributed by atoms with E-state index in [0.717, 1.165) is 33.8 Å². The van der Waals surface area contributed by atoms with Gasteiger partial charge in [0.1, 0.15) is 16.7 Å². The molecule has 0 amide bonds. The number of nitrogens with one attached hydrogen (secondary N) is 1. The second kappa shape index (κ2) is 9.33. The van der Waals surface area contributed by atoms with Crippen molar-refractivity contribution in [3.63, 3.8) is 0 Å². The molecule has 7 heteroatoms. The summed E-state index contributed by atoms with van der Waals surface area (Å²) in [4.78, 5) is 3.66. The van der Waals surface area contributed by atoms with Gasteiger partial charge in [-0.25, -0.2) is 4.98 Å². The van der Waals surface area contributed by atoms with Gasteiger partial charge in [-0.05, 0) is 63.4 Å². The predicted octanol–water partition coefficient (Wildman–Crippen LogP) is 6.12. The first-order chi connectivity index (χ1) is 12.6. The van der Waals surface area contributed by atoms with Gasteiger partial charge in [0.25, 0.3) is 0 Å². The first kappa shape index (κ1) is 22.1. The van der Waals surface area contributed by atoms with Gasteiger partial charge in [-0.15, -0.1) is 23.2 Å². The molecule has 0 bridgehead atoms. The number of halogens is 3. The standard InChI is InChI=1S/C20H25Cl3N2O2/c1-6-15(17(26)19(22)23)25-16-9-12(4)24-20(13(16)5)27-18-10(2)7-14(21)8-11(18)3/h7-9,15,17,19,26H,6H2,1-5H3,(H,24,25). The zero-order valence-electron chi connectivity index (χ0n) is 16.1.